The van der Waals surface area contributed by atoms with Gasteiger partial charge in [-0.2, -0.15) is 0 Å². The van der Waals surface area contributed by atoms with Gasteiger partial charge in [0.15, 0.2) is 11.5 Å². The second kappa shape index (κ2) is 10.7. The van der Waals surface area contributed by atoms with Crippen molar-refractivity contribution < 1.29 is 24.2 Å². The molecule has 5 rings (SSSR count). The van der Waals surface area contributed by atoms with E-state index in [0.29, 0.717) is 24.3 Å². The first-order valence-corrected chi connectivity index (χ1v) is 12.3. The molecule has 7 nitrogen and oxygen atoms in total. The van der Waals surface area contributed by atoms with Crippen molar-refractivity contribution in [1.82, 2.24) is 9.88 Å². The molecule has 7 heteroatoms. The first kappa shape index (κ1) is 24.9. The van der Waals surface area contributed by atoms with Crippen LogP contribution in [0.2, 0.25) is 0 Å². The monoisotopic (exact) mass is 508 g/mol. The van der Waals surface area contributed by atoms with Crippen LogP contribution in [0.3, 0.4) is 0 Å². The number of rotatable bonds is 9. The molecule has 0 fully saturated rings. The molecule has 2 N–H and O–H groups in total. The number of nitrogens with one attached hydrogen (secondary N) is 1. The number of carbonyl (C=O) groups excluding carboxylic acids is 2. The van der Waals surface area contributed by atoms with Gasteiger partial charge in [0.25, 0.3) is 5.91 Å². The van der Waals surface area contributed by atoms with Gasteiger partial charge in [-0.1, -0.05) is 48.5 Å². The smallest absolute Gasteiger partial charge is 0.290 e. The van der Waals surface area contributed by atoms with E-state index in [1.807, 2.05) is 66.9 Å². The number of ether oxygens (including phenoxy) is 2. The van der Waals surface area contributed by atoms with Crippen LogP contribution in [0.15, 0.2) is 96.4 Å². The SMILES string of the molecule is COc1ccc([C@H]2C(C(=O)/C=C/c3ccccc3)=C(O)C(=O)N2CCc2c[nH]c3ccc(OC)cc23)cc1. The summed E-state index contributed by atoms with van der Waals surface area (Å²) in [5.74, 6) is -0.111. The number of aliphatic hydroxyl groups is 1. The third kappa shape index (κ3) is 4.78. The predicted molar refractivity (Wildman–Crippen MR) is 146 cm³/mol. The Labute approximate surface area is 220 Å². The minimum absolute atomic E-state index is 0.0629. The number of hydrogen-bond acceptors (Lipinski definition) is 5. The van der Waals surface area contributed by atoms with Crippen LogP contribution >= 0.6 is 0 Å². The first-order valence-electron chi connectivity index (χ1n) is 12.3. The number of hydrogen-bond donors (Lipinski definition) is 2. The van der Waals surface area contributed by atoms with E-state index in [1.165, 1.54) is 6.08 Å². The van der Waals surface area contributed by atoms with Gasteiger partial charge in [-0.3, -0.25) is 9.59 Å². The Morgan fingerprint density at radius 3 is 2.42 bits per heavy atom. The molecule has 0 saturated carbocycles. The van der Waals surface area contributed by atoms with E-state index in [0.717, 1.165) is 27.8 Å². The maximum Gasteiger partial charge on any atom is 0.290 e. The molecule has 192 valence electrons. The summed E-state index contributed by atoms with van der Waals surface area (Å²) < 4.78 is 10.7. The van der Waals surface area contributed by atoms with Gasteiger partial charge in [0.1, 0.15) is 11.5 Å². The molecule has 4 aromatic rings. The van der Waals surface area contributed by atoms with Gasteiger partial charge in [-0.05, 0) is 59.5 Å². The quantitative estimate of drug-likeness (QED) is 0.295. The lowest BCUT2D eigenvalue weighted by molar-refractivity contribution is -0.129. The Morgan fingerprint density at radius 2 is 1.71 bits per heavy atom. The number of allylic oxidation sites excluding steroid dienone is 1. The highest BCUT2D eigenvalue weighted by molar-refractivity contribution is 6.14. The molecule has 1 amide bonds. The second-order valence-electron chi connectivity index (χ2n) is 9.02. The van der Waals surface area contributed by atoms with Crippen molar-refractivity contribution in [1.29, 1.82) is 0 Å². The van der Waals surface area contributed by atoms with Gasteiger partial charge in [0.05, 0.1) is 25.8 Å². The van der Waals surface area contributed by atoms with Crippen molar-refractivity contribution >= 4 is 28.7 Å². The van der Waals surface area contributed by atoms with E-state index in [-0.39, 0.29) is 5.57 Å². The highest BCUT2D eigenvalue weighted by Gasteiger charge is 2.42. The summed E-state index contributed by atoms with van der Waals surface area (Å²) in [7, 11) is 3.20. The topological polar surface area (TPSA) is 91.9 Å². The number of aromatic nitrogens is 1. The number of methoxy groups -OCH3 is 2. The van der Waals surface area contributed by atoms with Gasteiger partial charge in [0.2, 0.25) is 0 Å². The Hall–Kier alpha value is -4.78. The summed E-state index contributed by atoms with van der Waals surface area (Å²) in [6, 6.07) is 21.6. The fraction of sp³-hybridized carbons (Fsp3) is 0.161. The number of aliphatic hydroxyl groups excluding tert-OH is 1. The summed E-state index contributed by atoms with van der Waals surface area (Å²) >= 11 is 0. The predicted octanol–water partition coefficient (Wildman–Crippen LogP) is 5.41. The summed E-state index contributed by atoms with van der Waals surface area (Å²) in [6.07, 6.45) is 5.51. The van der Waals surface area contributed by atoms with Crippen LogP contribution in [0.1, 0.15) is 22.7 Å². The molecule has 0 saturated heterocycles. The van der Waals surface area contributed by atoms with Crippen LogP contribution in [-0.4, -0.2) is 47.4 Å². The average Bonchev–Trinajstić information content (AvgIpc) is 3.48. The highest BCUT2D eigenvalue weighted by atomic mass is 16.5. The van der Waals surface area contributed by atoms with Gasteiger partial charge in [-0.25, -0.2) is 0 Å². The maximum atomic E-state index is 13.4. The Morgan fingerprint density at radius 1 is 1.00 bits per heavy atom. The van der Waals surface area contributed by atoms with E-state index in [1.54, 1.807) is 37.3 Å². The van der Waals surface area contributed by atoms with Crippen molar-refractivity contribution in [3.05, 3.63) is 113 Å². The van der Waals surface area contributed by atoms with Crippen LogP contribution in [0.5, 0.6) is 11.5 Å². The zero-order valence-electron chi connectivity index (χ0n) is 21.2. The lowest BCUT2D eigenvalue weighted by Crippen LogP contribution is -2.33. The molecule has 0 aliphatic carbocycles. The van der Waals surface area contributed by atoms with Crippen LogP contribution in [-0.2, 0) is 16.0 Å². The van der Waals surface area contributed by atoms with Crippen LogP contribution in [0.4, 0.5) is 0 Å². The summed E-state index contributed by atoms with van der Waals surface area (Å²) in [6.45, 7) is 0.295. The normalized spacial score (nSPS) is 15.6. The minimum Gasteiger partial charge on any atom is -0.503 e. The summed E-state index contributed by atoms with van der Waals surface area (Å²) in [5.41, 5.74) is 3.58. The number of nitrogens with zero attached hydrogens (tertiary/aromatic N) is 1. The molecule has 1 aliphatic heterocycles. The number of ketones is 1. The molecule has 38 heavy (non-hydrogen) atoms. The average molecular weight is 509 g/mol. The van der Waals surface area contributed by atoms with E-state index in [4.69, 9.17) is 9.47 Å². The van der Waals surface area contributed by atoms with Crippen molar-refractivity contribution in [3.8, 4) is 11.5 Å². The Bertz CT molecular complexity index is 1530. The molecule has 3 aromatic carbocycles. The van der Waals surface area contributed by atoms with Gasteiger partial charge in [0, 0.05) is 23.6 Å². The molecule has 1 atom stereocenters. The number of H-pyrrole nitrogens is 1. The molecule has 1 aromatic heterocycles. The van der Waals surface area contributed by atoms with Crippen molar-refractivity contribution in [2.75, 3.05) is 20.8 Å². The highest BCUT2D eigenvalue weighted by Crippen LogP contribution is 2.39. The molecule has 0 bridgehead atoms. The standard InChI is InChI=1S/C31H28N2O5/c1-37-23-11-9-21(10-12-23)29-28(27(34)15-8-20-6-4-3-5-7-20)30(35)31(36)33(29)17-16-22-19-32-26-14-13-24(38-2)18-25(22)26/h3-15,18-19,29,32,35H,16-17H2,1-2H3/b15-8+/t29-/m0/s1. The number of aromatic amines is 1. The summed E-state index contributed by atoms with van der Waals surface area (Å²) in [4.78, 5) is 31.5. The van der Waals surface area contributed by atoms with E-state index < -0.39 is 23.5 Å². The maximum absolute atomic E-state index is 13.4. The molecule has 0 spiro atoms. The zero-order valence-corrected chi connectivity index (χ0v) is 21.2. The molecule has 1 aliphatic rings. The van der Waals surface area contributed by atoms with Gasteiger partial charge < -0.3 is 24.5 Å². The molecule has 0 radical (unpaired) electrons. The van der Waals surface area contributed by atoms with E-state index in [9.17, 15) is 14.7 Å². The van der Waals surface area contributed by atoms with Crippen molar-refractivity contribution in [2.24, 2.45) is 0 Å². The van der Waals surface area contributed by atoms with Gasteiger partial charge in [-0.15, -0.1) is 0 Å². The van der Waals surface area contributed by atoms with E-state index >= 15 is 0 Å². The second-order valence-corrected chi connectivity index (χ2v) is 9.02. The molecule has 2 heterocycles. The van der Waals surface area contributed by atoms with Crippen LogP contribution < -0.4 is 9.47 Å². The fourth-order valence-corrected chi connectivity index (χ4v) is 4.83. The minimum atomic E-state index is -0.735. The van der Waals surface area contributed by atoms with E-state index in [2.05, 4.69) is 4.98 Å². The Balaban J connectivity index is 1.47. The first-order chi connectivity index (χ1) is 18.5. The van der Waals surface area contributed by atoms with Gasteiger partial charge >= 0.3 is 0 Å². The lowest BCUT2D eigenvalue weighted by Gasteiger charge is -2.26. The zero-order chi connectivity index (χ0) is 26.6. The fourth-order valence-electron chi connectivity index (χ4n) is 4.83. The number of fused-ring (bicyclic) bond motifs is 1. The van der Waals surface area contributed by atoms with Crippen LogP contribution in [0.25, 0.3) is 17.0 Å². The number of benzene rings is 3. The van der Waals surface area contributed by atoms with Crippen molar-refractivity contribution in [2.45, 2.75) is 12.5 Å². The third-order valence-corrected chi connectivity index (χ3v) is 6.82. The largest absolute Gasteiger partial charge is 0.503 e. The number of carbonyl (C=O) groups is 2. The summed E-state index contributed by atoms with van der Waals surface area (Å²) in [5, 5.41) is 11.9. The lowest BCUT2D eigenvalue weighted by atomic mass is 9.95. The number of amides is 1. The third-order valence-electron chi connectivity index (χ3n) is 6.82. The molecular formula is C31H28N2O5. The van der Waals surface area contributed by atoms with Crippen molar-refractivity contribution in [3.63, 3.8) is 0 Å². The molecular weight excluding hydrogens is 480 g/mol. The molecule has 0 unspecified atom stereocenters. The Kier molecular flexibility index (Phi) is 7.00. The van der Waals surface area contributed by atoms with Crippen LogP contribution in [0, 0.1) is 0 Å².